The van der Waals surface area contributed by atoms with Gasteiger partial charge in [-0.15, -0.1) is 4.40 Å². The number of rotatable bonds is 2. The first-order valence-corrected chi connectivity index (χ1v) is 10.1. The summed E-state index contributed by atoms with van der Waals surface area (Å²) < 4.78 is 30.0. The minimum atomic E-state index is -3.73. The molecule has 6 nitrogen and oxygen atoms in total. The summed E-state index contributed by atoms with van der Waals surface area (Å²) in [5.41, 5.74) is 0. The summed E-state index contributed by atoms with van der Waals surface area (Å²) >= 11 is 5.12. The first-order valence-electron chi connectivity index (χ1n) is 6.09. The van der Waals surface area contributed by atoms with Crippen molar-refractivity contribution in [2.24, 2.45) is 16.4 Å². The van der Waals surface area contributed by atoms with Gasteiger partial charge in [0.25, 0.3) is 10.0 Å². The third kappa shape index (κ3) is 3.88. The molecule has 0 spiro atoms. The van der Waals surface area contributed by atoms with Crippen LogP contribution in [0.4, 0.5) is 0 Å². The molecule has 0 aliphatic carbocycles. The van der Waals surface area contributed by atoms with Crippen LogP contribution in [0, 0.1) is 0 Å². The van der Waals surface area contributed by atoms with Crippen LogP contribution in [0.5, 0.6) is 0 Å². The maximum Gasteiger partial charge on any atom is 0.285 e. The molecule has 0 amide bonds. The zero-order chi connectivity index (χ0) is 16.3. The van der Waals surface area contributed by atoms with Gasteiger partial charge in [-0.05, 0) is 45.0 Å². The van der Waals surface area contributed by atoms with Gasteiger partial charge in [0.15, 0.2) is 5.11 Å². The average molecular weight is 375 g/mol. The van der Waals surface area contributed by atoms with Crippen LogP contribution >= 0.6 is 32.9 Å². The third-order valence-electron chi connectivity index (χ3n) is 2.58. The Bertz CT molecular complexity index is 904. The topological polar surface area (TPSA) is 67.0 Å². The third-order valence-corrected chi connectivity index (χ3v) is 6.69. The number of hydrogen-bond acceptors (Lipinski definition) is 5. The zero-order valence-electron chi connectivity index (χ0n) is 12.1. The number of benzene rings is 1. The highest BCUT2D eigenvalue weighted by molar-refractivity contribution is 7.90. The Balaban J connectivity index is 2.52. The Morgan fingerprint density at radius 1 is 1.18 bits per heavy atom. The molecule has 1 aromatic heterocycles. The molecule has 0 aliphatic heterocycles. The fraction of sp³-hybridized carbons (Fsp3) is 0.250. The Morgan fingerprint density at radius 3 is 2.36 bits per heavy atom. The molecule has 0 saturated carbocycles. The zero-order valence-corrected chi connectivity index (χ0v) is 15.4. The molecular weight excluding hydrogens is 360 g/mol. The molecular formula is C12H14N4O2S4. The monoisotopic (exact) mass is 374 g/mol. The van der Waals surface area contributed by atoms with E-state index in [9.17, 15) is 8.42 Å². The molecule has 0 unspecified atom stereocenters. The van der Waals surface area contributed by atoms with Crippen molar-refractivity contribution in [1.82, 2.24) is 9.47 Å². The summed E-state index contributed by atoms with van der Waals surface area (Å²) in [5.74, 6) is 0. The molecule has 2 rings (SSSR count). The lowest BCUT2D eigenvalue weighted by Gasteiger charge is -2.07. The van der Waals surface area contributed by atoms with Gasteiger partial charge in [0.2, 0.25) is 9.60 Å². The molecule has 118 valence electrons. The van der Waals surface area contributed by atoms with E-state index in [1.807, 2.05) is 0 Å². The number of hydrogen-bond donors (Lipinski definition) is 0. The van der Waals surface area contributed by atoms with Crippen LogP contribution in [0.25, 0.3) is 0 Å². The molecule has 0 radical (unpaired) electrons. The highest BCUT2D eigenvalue weighted by Crippen LogP contribution is 2.10. The second-order valence-electron chi connectivity index (χ2n) is 4.46. The van der Waals surface area contributed by atoms with Gasteiger partial charge in [0.05, 0.1) is 4.90 Å². The van der Waals surface area contributed by atoms with Crippen molar-refractivity contribution in [3.8, 4) is 0 Å². The Hall–Kier alpha value is -1.36. The van der Waals surface area contributed by atoms with Crippen LogP contribution in [0.1, 0.15) is 0 Å². The Kier molecular flexibility index (Phi) is 5.27. The van der Waals surface area contributed by atoms with Gasteiger partial charge < -0.3 is 4.90 Å². The van der Waals surface area contributed by atoms with Crippen LogP contribution in [-0.4, -0.2) is 37.1 Å². The number of thiocarbonyl (C=S) groups is 1. The lowest BCUT2D eigenvalue weighted by Crippen LogP contribution is -2.27. The summed E-state index contributed by atoms with van der Waals surface area (Å²) in [6.45, 7) is 0. The quantitative estimate of drug-likeness (QED) is 0.585. The minimum Gasteiger partial charge on any atom is -0.353 e. The molecule has 1 heterocycles. The number of aromatic nitrogens is 1. The molecule has 0 aliphatic rings. The first kappa shape index (κ1) is 17.0. The first-order chi connectivity index (χ1) is 10.3. The van der Waals surface area contributed by atoms with Crippen molar-refractivity contribution >= 4 is 48.0 Å². The van der Waals surface area contributed by atoms with E-state index in [2.05, 4.69) is 9.39 Å². The van der Waals surface area contributed by atoms with Gasteiger partial charge in [-0.25, -0.2) is 0 Å². The van der Waals surface area contributed by atoms with Crippen molar-refractivity contribution < 1.29 is 8.42 Å². The molecule has 0 bridgehead atoms. The van der Waals surface area contributed by atoms with Crippen LogP contribution < -0.4 is 9.60 Å². The minimum absolute atomic E-state index is 0.163. The maximum absolute atomic E-state index is 12.3. The van der Waals surface area contributed by atoms with E-state index in [0.717, 1.165) is 0 Å². The SMILES string of the molecule is CN(C)C(=S)N=c1ssc(=NS(=O)(=O)c2ccccc2)n1C. The van der Waals surface area contributed by atoms with Crippen molar-refractivity contribution in [3.63, 3.8) is 0 Å². The predicted molar refractivity (Wildman–Crippen MR) is 92.2 cm³/mol. The van der Waals surface area contributed by atoms with Crippen molar-refractivity contribution in [2.45, 2.75) is 4.90 Å². The van der Waals surface area contributed by atoms with Gasteiger partial charge in [-0.1, -0.05) is 18.2 Å². The largest absolute Gasteiger partial charge is 0.353 e. The lowest BCUT2D eigenvalue weighted by molar-refractivity contribution is 0.595. The van der Waals surface area contributed by atoms with Gasteiger partial charge in [-0.3, -0.25) is 4.57 Å². The van der Waals surface area contributed by atoms with E-state index < -0.39 is 10.0 Å². The predicted octanol–water partition coefficient (Wildman–Crippen LogP) is 1.18. The summed E-state index contributed by atoms with van der Waals surface area (Å²) in [7, 11) is 4.14. The van der Waals surface area contributed by atoms with E-state index in [1.54, 1.807) is 48.8 Å². The van der Waals surface area contributed by atoms with E-state index in [-0.39, 0.29) is 4.90 Å². The van der Waals surface area contributed by atoms with Gasteiger partial charge in [-0.2, -0.15) is 13.4 Å². The molecule has 1 aromatic carbocycles. The van der Waals surface area contributed by atoms with Crippen molar-refractivity contribution in [1.29, 1.82) is 0 Å². The maximum atomic E-state index is 12.3. The second-order valence-corrected chi connectivity index (χ2v) is 8.49. The molecule has 22 heavy (non-hydrogen) atoms. The highest BCUT2D eigenvalue weighted by atomic mass is 32.9. The average Bonchev–Trinajstić information content (AvgIpc) is 2.80. The van der Waals surface area contributed by atoms with Crippen LogP contribution in [0.3, 0.4) is 0 Å². The fourth-order valence-corrected chi connectivity index (χ4v) is 5.09. The van der Waals surface area contributed by atoms with Crippen LogP contribution in [-0.2, 0) is 17.1 Å². The molecule has 2 aromatic rings. The van der Waals surface area contributed by atoms with Crippen LogP contribution in [0.2, 0.25) is 0 Å². The van der Waals surface area contributed by atoms with E-state index in [0.29, 0.717) is 14.7 Å². The molecule has 0 atom stereocenters. The second kappa shape index (κ2) is 6.82. The Labute approximate surface area is 141 Å². The number of nitrogens with zero attached hydrogens (tertiary/aromatic N) is 4. The summed E-state index contributed by atoms with van der Waals surface area (Å²) in [6, 6.07) is 8.11. The fourth-order valence-electron chi connectivity index (χ4n) is 1.37. The molecule has 0 saturated heterocycles. The van der Waals surface area contributed by atoms with Crippen LogP contribution in [0.15, 0.2) is 44.6 Å². The summed E-state index contributed by atoms with van der Waals surface area (Å²) in [5, 5.41) is 0.419. The molecule has 0 fully saturated rings. The van der Waals surface area contributed by atoms with E-state index in [1.165, 1.54) is 32.8 Å². The lowest BCUT2D eigenvalue weighted by atomic mass is 10.4. The standard InChI is InChI=1S/C12H14N4O2S4/c1-15(2)10(19)13-11-16(3)12(21-20-11)14-22(17,18)9-7-5-4-6-8-9/h4-8H,1-3H3. The summed E-state index contributed by atoms with van der Waals surface area (Å²) in [6.07, 6.45) is 0. The van der Waals surface area contributed by atoms with E-state index >= 15 is 0 Å². The van der Waals surface area contributed by atoms with E-state index in [4.69, 9.17) is 12.2 Å². The highest BCUT2D eigenvalue weighted by Gasteiger charge is 2.12. The normalized spacial score (nSPS) is 13.4. The smallest absolute Gasteiger partial charge is 0.285 e. The van der Waals surface area contributed by atoms with Gasteiger partial charge in [0, 0.05) is 21.1 Å². The summed E-state index contributed by atoms with van der Waals surface area (Å²) in [4.78, 5) is 7.10. The van der Waals surface area contributed by atoms with Crippen molar-refractivity contribution in [3.05, 3.63) is 39.9 Å². The number of sulfonamides is 1. The van der Waals surface area contributed by atoms with Gasteiger partial charge >= 0.3 is 0 Å². The molecule has 10 heteroatoms. The Morgan fingerprint density at radius 2 is 1.77 bits per heavy atom. The molecule has 0 N–H and O–H groups in total. The van der Waals surface area contributed by atoms with Gasteiger partial charge in [0.1, 0.15) is 0 Å². The van der Waals surface area contributed by atoms with Crippen molar-refractivity contribution in [2.75, 3.05) is 14.1 Å².